The number of rotatable bonds is 5. The molecule has 0 heterocycles. The number of methoxy groups -OCH3 is 1. The Morgan fingerprint density at radius 1 is 1.26 bits per heavy atom. The Balaban J connectivity index is 2.10. The maximum absolute atomic E-state index is 13.6. The van der Waals surface area contributed by atoms with Gasteiger partial charge in [-0.25, -0.2) is 8.78 Å². The zero-order valence-electron chi connectivity index (χ0n) is 12.4. The fourth-order valence-electron chi connectivity index (χ4n) is 1.83. The van der Waals surface area contributed by atoms with E-state index in [1.54, 1.807) is 25.1 Å². The third kappa shape index (κ3) is 4.59. The number of anilines is 1. The molecule has 0 aliphatic heterocycles. The van der Waals surface area contributed by atoms with Crippen LogP contribution in [0.5, 0.6) is 5.75 Å². The lowest BCUT2D eigenvalue weighted by atomic mass is 10.3. The summed E-state index contributed by atoms with van der Waals surface area (Å²) in [5, 5.41) is 2.54. The quantitative estimate of drug-likeness (QED) is 0.785. The summed E-state index contributed by atoms with van der Waals surface area (Å²) in [6, 6.07) is 8.08. The molecule has 1 atom stereocenters. The van der Waals surface area contributed by atoms with Gasteiger partial charge in [0.15, 0.2) is 0 Å². The van der Waals surface area contributed by atoms with Crippen molar-refractivity contribution in [3.05, 3.63) is 53.1 Å². The van der Waals surface area contributed by atoms with Gasteiger partial charge in [0.1, 0.15) is 17.4 Å². The molecule has 0 radical (unpaired) electrons. The van der Waals surface area contributed by atoms with E-state index >= 15 is 0 Å². The minimum atomic E-state index is -0.699. The van der Waals surface area contributed by atoms with Gasteiger partial charge in [-0.2, -0.15) is 0 Å². The molecule has 0 aromatic heterocycles. The number of thioether (sulfide) groups is 1. The molecule has 0 aliphatic carbocycles. The van der Waals surface area contributed by atoms with E-state index in [0.29, 0.717) is 16.5 Å². The van der Waals surface area contributed by atoms with Crippen molar-refractivity contribution in [2.75, 3.05) is 12.4 Å². The van der Waals surface area contributed by atoms with Crippen LogP contribution in [0.2, 0.25) is 5.02 Å². The van der Waals surface area contributed by atoms with Crippen LogP contribution in [0.25, 0.3) is 0 Å². The Labute approximate surface area is 142 Å². The molecule has 0 unspecified atom stereocenters. The van der Waals surface area contributed by atoms with Gasteiger partial charge in [0.25, 0.3) is 0 Å². The molecule has 3 nitrogen and oxygen atoms in total. The second-order valence-corrected chi connectivity index (χ2v) is 6.49. The summed E-state index contributed by atoms with van der Waals surface area (Å²) in [5.74, 6) is -1.24. The van der Waals surface area contributed by atoms with Crippen LogP contribution in [0.15, 0.2) is 41.3 Å². The minimum absolute atomic E-state index is 0.201. The first-order valence-corrected chi connectivity index (χ1v) is 7.92. The highest BCUT2D eigenvalue weighted by Crippen LogP contribution is 2.30. The fraction of sp³-hybridized carbons (Fsp3) is 0.188. The first-order valence-electron chi connectivity index (χ1n) is 6.67. The first-order chi connectivity index (χ1) is 10.9. The van der Waals surface area contributed by atoms with E-state index < -0.39 is 16.9 Å². The molecule has 0 saturated carbocycles. The Morgan fingerprint density at radius 2 is 2.00 bits per heavy atom. The lowest BCUT2D eigenvalue weighted by Gasteiger charge is -2.14. The summed E-state index contributed by atoms with van der Waals surface area (Å²) in [6.45, 7) is 1.62. The van der Waals surface area contributed by atoms with Gasteiger partial charge in [-0.05, 0) is 37.3 Å². The number of halogens is 3. The van der Waals surface area contributed by atoms with Crippen molar-refractivity contribution in [1.82, 2.24) is 0 Å². The Bertz CT molecular complexity index is 727. The van der Waals surface area contributed by atoms with E-state index in [4.69, 9.17) is 16.3 Å². The molecule has 1 N–H and O–H groups in total. The smallest absolute Gasteiger partial charge is 0.237 e. The van der Waals surface area contributed by atoms with Gasteiger partial charge < -0.3 is 10.1 Å². The topological polar surface area (TPSA) is 38.3 Å². The molecule has 0 saturated heterocycles. The number of amides is 1. The van der Waals surface area contributed by atoms with Gasteiger partial charge in [0.05, 0.1) is 18.0 Å². The second-order valence-electron chi connectivity index (χ2n) is 4.67. The molecule has 23 heavy (non-hydrogen) atoms. The third-order valence-corrected chi connectivity index (χ3v) is 4.37. The van der Waals surface area contributed by atoms with Crippen LogP contribution in [0.3, 0.4) is 0 Å². The van der Waals surface area contributed by atoms with Gasteiger partial charge >= 0.3 is 0 Å². The molecule has 1 amide bonds. The van der Waals surface area contributed by atoms with Crippen molar-refractivity contribution in [1.29, 1.82) is 0 Å². The monoisotopic (exact) mass is 357 g/mol. The Morgan fingerprint density at radius 3 is 2.65 bits per heavy atom. The van der Waals surface area contributed by atoms with Crippen molar-refractivity contribution in [2.45, 2.75) is 17.1 Å². The van der Waals surface area contributed by atoms with E-state index in [9.17, 15) is 13.6 Å². The molecule has 122 valence electrons. The fourth-order valence-corrected chi connectivity index (χ4v) is 2.86. The number of carbonyl (C=O) groups excluding carboxylic acids is 1. The molecule has 0 fully saturated rings. The van der Waals surface area contributed by atoms with Gasteiger partial charge in [-0.3, -0.25) is 4.79 Å². The highest BCUT2D eigenvalue weighted by atomic mass is 35.5. The molecular formula is C16H14ClF2NO2S. The Hall–Kier alpha value is -1.79. The normalized spacial score (nSPS) is 11.9. The summed E-state index contributed by atoms with van der Waals surface area (Å²) >= 11 is 6.90. The van der Waals surface area contributed by atoms with Crippen LogP contribution in [0, 0.1) is 11.6 Å². The van der Waals surface area contributed by atoms with Crippen LogP contribution in [-0.2, 0) is 4.79 Å². The highest BCUT2D eigenvalue weighted by molar-refractivity contribution is 8.00. The van der Waals surface area contributed by atoms with Crippen LogP contribution < -0.4 is 10.1 Å². The van der Waals surface area contributed by atoms with E-state index in [-0.39, 0.29) is 10.8 Å². The lowest BCUT2D eigenvalue weighted by molar-refractivity contribution is -0.115. The van der Waals surface area contributed by atoms with Crippen LogP contribution in [0.4, 0.5) is 14.5 Å². The number of nitrogens with one attached hydrogen (secondary N) is 1. The predicted molar refractivity (Wildman–Crippen MR) is 88.3 cm³/mol. The molecule has 2 aromatic rings. The number of hydrogen-bond donors (Lipinski definition) is 1. The van der Waals surface area contributed by atoms with Gasteiger partial charge in [-0.15, -0.1) is 11.8 Å². The molecular weight excluding hydrogens is 344 g/mol. The zero-order chi connectivity index (χ0) is 17.0. The predicted octanol–water partition coefficient (Wildman–Crippen LogP) is 4.75. The maximum atomic E-state index is 13.6. The van der Waals surface area contributed by atoms with Gasteiger partial charge in [0.2, 0.25) is 5.91 Å². The standard InChI is InChI=1S/C16H14ClF2NO2S/c1-9(23-15-6-4-11(18)8-12(15)19)16(21)20-13-7-10(17)3-5-14(13)22-2/h3-9H,1-2H3,(H,20,21)/t9-/m1/s1. The van der Waals surface area contributed by atoms with E-state index in [0.717, 1.165) is 23.9 Å². The molecule has 7 heteroatoms. The summed E-state index contributed by atoms with van der Waals surface area (Å²) in [6.07, 6.45) is 0. The summed E-state index contributed by atoms with van der Waals surface area (Å²) < 4.78 is 31.7. The Kier molecular flexibility index (Phi) is 5.85. The minimum Gasteiger partial charge on any atom is -0.495 e. The van der Waals surface area contributed by atoms with Crippen LogP contribution in [0.1, 0.15) is 6.92 Å². The summed E-state index contributed by atoms with van der Waals surface area (Å²) in [4.78, 5) is 12.4. The van der Waals surface area contributed by atoms with Crippen molar-refractivity contribution in [3.8, 4) is 5.75 Å². The lowest BCUT2D eigenvalue weighted by Crippen LogP contribution is -2.22. The molecule has 0 spiro atoms. The molecule has 0 aliphatic rings. The van der Waals surface area contributed by atoms with Crippen molar-refractivity contribution < 1.29 is 18.3 Å². The average molecular weight is 358 g/mol. The van der Waals surface area contributed by atoms with Crippen molar-refractivity contribution in [3.63, 3.8) is 0 Å². The van der Waals surface area contributed by atoms with Gasteiger partial charge in [-0.1, -0.05) is 11.6 Å². The van der Waals surface area contributed by atoms with E-state index in [1.807, 2.05) is 0 Å². The van der Waals surface area contributed by atoms with Gasteiger partial charge in [0, 0.05) is 16.0 Å². The molecule has 2 aromatic carbocycles. The van der Waals surface area contributed by atoms with E-state index in [1.165, 1.54) is 13.2 Å². The van der Waals surface area contributed by atoms with Crippen molar-refractivity contribution in [2.24, 2.45) is 0 Å². The molecule has 0 bridgehead atoms. The SMILES string of the molecule is COc1ccc(Cl)cc1NC(=O)[C@@H](C)Sc1ccc(F)cc1F. The summed E-state index contributed by atoms with van der Waals surface area (Å²) in [7, 11) is 1.48. The largest absolute Gasteiger partial charge is 0.495 e. The maximum Gasteiger partial charge on any atom is 0.237 e. The number of carbonyl (C=O) groups is 1. The van der Waals surface area contributed by atoms with Crippen molar-refractivity contribution >= 4 is 35.0 Å². The number of ether oxygens (including phenoxy) is 1. The first kappa shape index (κ1) is 17.6. The number of benzene rings is 2. The zero-order valence-corrected chi connectivity index (χ0v) is 14.0. The third-order valence-electron chi connectivity index (χ3n) is 2.99. The van der Waals surface area contributed by atoms with E-state index in [2.05, 4.69) is 5.32 Å². The molecule has 2 rings (SSSR count). The highest BCUT2D eigenvalue weighted by Gasteiger charge is 2.18. The van der Waals surface area contributed by atoms with Crippen LogP contribution in [-0.4, -0.2) is 18.3 Å². The van der Waals surface area contributed by atoms with Crippen LogP contribution >= 0.6 is 23.4 Å². The summed E-state index contributed by atoms with van der Waals surface area (Å²) in [5.41, 5.74) is 0.428. The number of hydrogen-bond acceptors (Lipinski definition) is 3. The average Bonchev–Trinajstić information content (AvgIpc) is 2.50. The second kappa shape index (κ2) is 7.66.